The summed E-state index contributed by atoms with van der Waals surface area (Å²) in [6, 6.07) is 1.86. The monoisotopic (exact) mass is 340 g/mol. The second-order valence-corrected chi connectivity index (χ2v) is 6.72. The van der Waals surface area contributed by atoms with Crippen LogP contribution >= 0.6 is 0 Å². The molecule has 0 saturated carbocycles. The summed E-state index contributed by atoms with van der Waals surface area (Å²) in [6.07, 6.45) is 9.80. The Kier molecular flexibility index (Phi) is 4.09. The first-order chi connectivity index (χ1) is 12.1. The van der Waals surface area contributed by atoms with E-state index < -0.39 is 0 Å². The van der Waals surface area contributed by atoms with Gasteiger partial charge < -0.3 is 14.4 Å². The highest BCUT2D eigenvalue weighted by Crippen LogP contribution is 2.36. The highest BCUT2D eigenvalue weighted by molar-refractivity contribution is 5.94. The van der Waals surface area contributed by atoms with Crippen LogP contribution in [0.25, 0.3) is 0 Å². The molecule has 0 bridgehead atoms. The summed E-state index contributed by atoms with van der Waals surface area (Å²) < 4.78 is 11.9. The van der Waals surface area contributed by atoms with Crippen LogP contribution in [-0.2, 0) is 4.74 Å². The van der Waals surface area contributed by atoms with Gasteiger partial charge in [-0.05, 0) is 18.6 Å². The molecular weight excluding hydrogens is 320 g/mol. The fourth-order valence-corrected chi connectivity index (χ4v) is 3.47. The lowest BCUT2D eigenvalue weighted by atomic mass is 9.84. The van der Waals surface area contributed by atoms with Gasteiger partial charge in [-0.1, -0.05) is 0 Å². The Morgan fingerprint density at radius 3 is 2.92 bits per heavy atom. The topological polar surface area (TPSA) is 77.4 Å². The van der Waals surface area contributed by atoms with Crippen molar-refractivity contribution in [3.63, 3.8) is 0 Å². The molecule has 2 fully saturated rings. The van der Waals surface area contributed by atoms with E-state index in [1.54, 1.807) is 35.9 Å². The van der Waals surface area contributed by atoms with Gasteiger partial charge in [0.2, 0.25) is 5.88 Å². The van der Waals surface area contributed by atoms with E-state index in [0.717, 1.165) is 18.4 Å². The minimum Gasteiger partial charge on any atom is -0.473 e. The van der Waals surface area contributed by atoms with Crippen molar-refractivity contribution in [2.24, 2.45) is 0 Å². The maximum absolute atomic E-state index is 12.6. The molecule has 1 amide bonds. The number of hydrogen-bond acceptors (Lipinski definition) is 6. The number of nitrogens with zero attached hydrogens (tertiary/aromatic N) is 4. The number of pyridine rings is 1. The molecule has 0 aromatic carbocycles. The first-order valence-corrected chi connectivity index (χ1v) is 8.41. The van der Waals surface area contributed by atoms with Gasteiger partial charge in [0.05, 0.1) is 31.5 Å². The van der Waals surface area contributed by atoms with E-state index in [9.17, 15) is 4.79 Å². The van der Waals surface area contributed by atoms with Gasteiger partial charge in [0.25, 0.3) is 5.91 Å². The molecule has 25 heavy (non-hydrogen) atoms. The summed E-state index contributed by atoms with van der Waals surface area (Å²) in [6.45, 7) is 3.72. The SMILES string of the molecule is Cc1cncc(C(=O)N2CC3(C[C@H](Oc4cnccn4)CCO3)C2)c1. The molecule has 2 aliphatic heterocycles. The van der Waals surface area contributed by atoms with Crippen LogP contribution in [0.4, 0.5) is 0 Å². The van der Waals surface area contributed by atoms with E-state index in [2.05, 4.69) is 15.0 Å². The highest BCUT2D eigenvalue weighted by Gasteiger charge is 2.50. The summed E-state index contributed by atoms with van der Waals surface area (Å²) >= 11 is 0. The van der Waals surface area contributed by atoms with Crippen molar-refractivity contribution in [1.82, 2.24) is 19.9 Å². The van der Waals surface area contributed by atoms with E-state index in [1.807, 2.05) is 13.0 Å². The van der Waals surface area contributed by atoms with Crippen LogP contribution in [0, 0.1) is 6.92 Å². The third-order valence-electron chi connectivity index (χ3n) is 4.64. The minimum atomic E-state index is -0.308. The predicted molar refractivity (Wildman–Crippen MR) is 89.2 cm³/mol. The Morgan fingerprint density at radius 2 is 2.16 bits per heavy atom. The first kappa shape index (κ1) is 16.0. The second-order valence-electron chi connectivity index (χ2n) is 6.72. The van der Waals surface area contributed by atoms with Crippen LogP contribution in [0.2, 0.25) is 0 Å². The molecule has 0 aliphatic carbocycles. The molecule has 0 unspecified atom stereocenters. The van der Waals surface area contributed by atoms with Gasteiger partial charge in [0.1, 0.15) is 11.7 Å². The van der Waals surface area contributed by atoms with Crippen LogP contribution < -0.4 is 4.74 Å². The fraction of sp³-hybridized carbons (Fsp3) is 0.444. The minimum absolute atomic E-state index is 0.00222. The van der Waals surface area contributed by atoms with Gasteiger partial charge >= 0.3 is 0 Å². The highest BCUT2D eigenvalue weighted by atomic mass is 16.5. The number of hydrogen-bond donors (Lipinski definition) is 0. The largest absolute Gasteiger partial charge is 0.473 e. The molecular formula is C18H20N4O3. The molecule has 130 valence electrons. The zero-order chi connectivity index (χ0) is 17.3. The maximum Gasteiger partial charge on any atom is 0.255 e. The first-order valence-electron chi connectivity index (χ1n) is 8.41. The lowest BCUT2D eigenvalue weighted by molar-refractivity contribution is -0.174. The normalized spacial score (nSPS) is 21.6. The van der Waals surface area contributed by atoms with E-state index in [1.165, 1.54) is 0 Å². The van der Waals surface area contributed by atoms with Crippen LogP contribution in [0.1, 0.15) is 28.8 Å². The summed E-state index contributed by atoms with van der Waals surface area (Å²) in [5.41, 5.74) is 1.29. The van der Waals surface area contributed by atoms with Crippen molar-refractivity contribution in [1.29, 1.82) is 0 Å². The molecule has 0 N–H and O–H groups in total. The van der Waals surface area contributed by atoms with Gasteiger partial charge in [-0.15, -0.1) is 0 Å². The van der Waals surface area contributed by atoms with Crippen molar-refractivity contribution >= 4 is 5.91 Å². The predicted octanol–water partition coefficient (Wildman–Crippen LogP) is 1.63. The molecule has 0 radical (unpaired) electrons. The Morgan fingerprint density at radius 1 is 1.28 bits per heavy atom. The fourth-order valence-electron chi connectivity index (χ4n) is 3.47. The Balaban J connectivity index is 1.37. The standard InChI is InChI=1S/C18H20N4O3/c1-13-6-14(9-20-8-13)17(23)22-11-18(12-22)7-15(2-5-24-18)25-16-10-19-3-4-21-16/h3-4,6,8-10,15H,2,5,7,11-12H2,1H3/t15-/m1/s1. The molecule has 2 aromatic heterocycles. The number of aryl methyl sites for hydroxylation is 1. The van der Waals surface area contributed by atoms with Gasteiger partial charge in [0, 0.05) is 37.6 Å². The van der Waals surface area contributed by atoms with Crippen LogP contribution in [0.15, 0.2) is 37.1 Å². The van der Waals surface area contributed by atoms with Crippen molar-refractivity contribution < 1.29 is 14.3 Å². The summed E-state index contributed by atoms with van der Waals surface area (Å²) in [7, 11) is 0. The zero-order valence-electron chi connectivity index (χ0n) is 14.1. The van der Waals surface area contributed by atoms with Crippen molar-refractivity contribution in [2.45, 2.75) is 31.5 Å². The van der Waals surface area contributed by atoms with Gasteiger partial charge in [-0.3, -0.25) is 14.8 Å². The van der Waals surface area contributed by atoms with Crippen LogP contribution in [0.3, 0.4) is 0 Å². The summed E-state index contributed by atoms with van der Waals surface area (Å²) in [4.78, 5) is 26.6. The van der Waals surface area contributed by atoms with E-state index in [-0.39, 0.29) is 17.6 Å². The third kappa shape index (κ3) is 3.32. The van der Waals surface area contributed by atoms with Crippen LogP contribution in [-0.4, -0.2) is 57.2 Å². The molecule has 2 saturated heterocycles. The number of carbonyl (C=O) groups is 1. The van der Waals surface area contributed by atoms with Gasteiger partial charge in [-0.25, -0.2) is 4.98 Å². The molecule has 1 atom stereocenters. The number of rotatable bonds is 3. The number of likely N-dealkylation sites (tertiary alicyclic amines) is 1. The molecule has 4 rings (SSSR count). The Labute approximate surface area is 146 Å². The Hall–Kier alpha value is -2.54. The average molecular weight is 340 g/mol. The third-order valence-corrected chi connectivity index (χ3v) is 4.64. The number of carbonyl (C=O) groups excluding carboxylic acids is 1. The van der Waals surface area contributed by atoms with Gasteiger partial charge in [-0.2, -0.15) is 0 Å². The maximum atomic E-state index is 12.6. The lowest BCUT2D eigenvalue weighted by Crippen LogP contribution is -2.67. The van der Waals surface area contributed by atoms with Crippen molar-refractivity contribution in [2.75, 3.05) is 19.7 Å². The van der Waals surface area contributed by atoms with Gasteiger partial charge in [0.15, 0.2) is 0 Å². The summed E-state index contributed by atoms with van der Waals surface area (Å²) in [5, 5.41) is 0. The lowest BCUT2D eigenvalue weighted by Gasteiger charge is -2.52. The molecule has 2 aliphatic rings. The molecule has 4 heterocycles. The number of amides is 1. The average Bonchev–Trinajstić information content (AvgIpc) is 2.60. The van der Waals surface area contributed by atoms with E-state index in [0.29, 0.717) is 31.1 Å². The number of aromatic nitrogens is 3. The molecule has 7 heteroatoms. The molecule has 1 spiro atoms. The zero-order valence-corrected chi connectivity index (χ0v) is 14.1. The molecule has 7 nitrogen and oxygen atoms in total. The van der Waals surface area contributed by atoms with E-state index >= 15 is 0 Å². The van der Waals surface area contributed by atoms with Crippen LogP contribution in [0.5, 0.6) is 5.88 Å². The van der Waals surface area contributed by atoms with Crippen molar-refractivity contribution in [3.05, 3.63) is 48.2 Å². The van der Waals surface area contributed by atoms with Crippen molar-refractivity contribution in [3.8, 4) is 5.88 Å². The number of ether oxygens (including phenoxy) is 2. The van der Waals surface area contributed by atoms with E-state index in [4.69, 9.17) is 9.47 Å². The smallest absolute Gasteiger partial charge is 0.255 e. The quantitative estimate of drug-likeness (QED) is 0.845. The Bertz CT molecular complexity index is 762. The second kappa shape index (κ2) is 6.40. The summed E-state index contributed by atoms with van der Waals surface area (Å²) in [5.74, 6) is 0.532. The molecule has 2 aromatic rings.